The minimum atomic E-state index is -0.521. The fraction of sp³-hybridized carbons (Fsp3) is 0.240. The number of methoxy groups -OCH3 is 1. The number of benzene rings is 1. The third-order valence-corrected chi connectivity index (χ3v) is 7.88. The molecule has 4 aromatic rings. The lowest BCUT2D eigenvalue weighted by Crippen LogP contribution is -2.11. The van der Waals surface area contributed by atoms with Crippen LogP contribution in [-0.2, 0) is 0 Å². The lowest BCUT2D eigenvalue weighted by Gasteiger charge is -2.12. The second-order valence-corrected chi connectivity index (χ2v) is 9.74. The topological polar surface area (TPSA) is 102 Å². The van der Waals surface area contributed by atoms with Crippen molar-refractivity contribution in [2.45, 2.75) is 31.1 Å². The lowest BCUT2D eigenvalue weighted by molar-refractivity contribution is 0.103. The summed E-state index contributed by atoms with van der Waals surface area (Å²) in [6.45, 7) is 0. The Balaban J connectivity index is 1.27. The highest BCUT2D eigenvalue weighted by molar-refractivity contribution is 7.14. The molecule has 2 aliphatic carbocycles. The van der Waals surface area contributed by atoms with Gasteiger partial charge in [-0.05, 0) is 73.1 Å². The zero-order chi connectivity index (χ0) is 23.9. The third kappa shape index (κ3) is 3.99. The third-order valence-electron chi connectivity index (χ3n) is 6.57. The van der Waals surface area contributed by atoms with Gasteiger partial charge in [-0.1, -0.05) is 0 Å². The molecule has 6 rings (SSSR count). The van der Waals surface area contributed by atoms with Crippen LogP contribution in [0.15, 0.2) is 48.9 Å². The predicted octanol–water partition coefficient (Wildman–Crippen LogP) is 5.50. The monoisotopic (exact) mass is 488 g/mol. The van der Waals surface area contributed by atoms with Gasteiger partial charge in [-0.15, -0.1) is 21.5 Å². The Bertz CT molecular complexity index is 1400. The van der Waals surface area contributed by atoms with Crippen molar-refractivity contribution in [3.8, 4) is 17.1 Å². The van der Waals surface area contributed by atoms with Crippen LogP contribution >= 0.6 is 11.3 Å². The lowest BCUT2D eigenvalue weighted by atomic mass is 9.99. The van der Waals surface area contributed by atoms with E-state index in [0.29, 0.717) is 39.5 Å². The SMILES string of the molecule is COc1nnc(-c2ccc(F)c(NC(=O)c3cc4c(s3)[C@@H]3CCC4C3)c2)cc1Nc1ccncn1. The van der Waals surface area contributed by atoms with Crippen LogP contribution in [0.4, 0.5) is 21.6 Å². The summed E-state index contributed by atoms with van der Waals surface area (Å²) in [6.07, 6.45) is 6.64. The molecule has 35 heavy (non-hydrogen) atoms. The van der Waals surface area contributed by atoms with Gasteiger partial charge in [-0.2, -0.15) is 0 Å². The first-order valence-corrected chi connectivity index (χ1v) is 12.1. The number of rotatable bonds is 6. The number of aromatic nitrogens is 4. The van der Waals surface area contributed by atoms with E-state index in [1.807, 2.05) is 6.07 Å². The number of amides is 1. The van der Waals surface area contributed by atoms with Crippen LogP contribution in [0.3, 0.4) is 0 Å². The summed E-state index contributed by atoms with van der Waals surface area (Å²) in [5.74, 6) is 1.18. The van der Waals surface area contributed by atoms with Crippen LogP contribution in [-0.4, -0.2) is 33.2 Å². The van der Waals surface area contributed by atoms with Crippen molar-refractivity contribution >= 4 is 34.4 Å². The largest absolute Gasteiger partial charge is 0.478 e. The summed E-state index contributed by atoms with van der Waals surface area (Å²) in [5, 5.41) is 14.2. The zero-order valence-electron chi connectivity index (χ0n) is 18.8. The average molecular weight is 489 g/mol. The molecule has 2 N–H and O–H groups in total. The van der Waals surface area contributed by atoms with Crippen molar-refractivity contribution in [3.05, 3.63) is 70.1 Å². The number of thiophene rings is 1. The normalized spacial score (nSPS) is 17.8. The highest BCUT2D eigenvalue weighted by Crippen LogP contribution is 2.55. The second-order valence-electron chi connectivity index (χ2n) is 8.66. The summed E-state index contributed by atoms with van der Waals surface area (Å²) < 4.78 is 20.0. The molecule has 0 saturated heterocycles. The van der Waals surface area contributed by atoms with Gasteiger partial charge in [0.15, 0.2) is 0 Å². The summed E-state index contributed by atoms with van der Waals surface area (Å²) in [7, 11) is 1.49. The minimum absolute atomic E-state index is 0.0898. The standard InChI is InChI=1S/C25H21FN6O2S/c1-34-25-20(29-22-6-7-27-12-28-22)11-18(31-32-25)14-4-5-17(26)19(9-14)30-24(33)21-10-16-13-2-3-15(8-13)23(16)35-21/h4-7,9-13,15H,2-3,8H2,1H3,(H,30,33)(H,27,28,29,31)/t13?,15-/m1/s1. The second kappa shape index (κ2) is 8.70. The number of anilines is 3. The van der Waals surface area contributed by atoms with Crippen molar-refractivity contribution < 1.29 is 13.9 Å². The van der Waals surface area contributed by atoms with Gasteiger partial charge in [0.1, 0.15) is 23.6 Å². The maximum absolute atomic E-state index is 14.6. The molecular formula is C25H21FN6O2S. The van der Waals surface area contributed by atoms with Gasteiger partial charge >= 0.3 is 0 Å². The maximum Gasteiger partial charge on any atom is 0.265 e. The van der Waals surface area contributed by atoms with Gasteiger partial charge < -0.3 is 15.4 Å². The van der Waals surface area contributed by atoms with E-state index in [0.717, 1.165) is 0 Å². The molecule has 3 aromatic heterocycles. The quantitative estimate of drug-likeness (QED) is 0.369. The van der Waals surface area contributed by atoms with E-state index >= 15 is 0 Å². The molecule has 2 atom stereocenters. The molecule has 1 unspecified atom stereocenters. The van der Waals surface area contributed by atoms with Gasteiger partial charge in [-0.25, -0.2) is 14.4 Å². The molecule has 3 heterocycles. The van der Waals surface area contributed by atoms with Gasteiger partial charge in [-0.3, -0.25) is 4.79 Å². The van der Waals surface area contributed by atoms with E-state index in [2.05, 4.69) is 30.8 Å². The molecule has 176 valence electrons. The summed E-state index contributed by atoms with van der Waals surface area (Å²) in [4.78, 5) is 23.0. The Morgan fingerprint density at radius 2 is 2.00 bits per heavy atom. The van der Waals surface area contributed by atoms with E-state index in [-0.39, 0.29) is 17.5 Å². The van der Waals surface area contributed by atoms with Crippen LogP contribution in [0, 0.1) is 5.82 Å². The molecule has 0 radical (unpaired) electrons. The van der Waals surface area contributed by atoms with E-state index in [1.165, 1.54) is 60.5 Å². The van der Waals surface area contributed by atoms with Crippen molar-refractivity contribution in [1.82, 2.24) is 20.2 Å². The fourth-order valence-electron chi connectivity index (χ4n) is 4.90. The Labute approximate surface area is 204 Å². The van der Waals surface area contributed by atoms with Crippen LogP contribution in [0.25, 0.3) is 11.3 Å². The zero-order valence-corrected chi connectivity index (χ0v) is 19.6. The highest BCUT2D eigenvalue weighted by Gasteiger charge is 2.39. The van der Waals surface area contributed by atoms with Gasteiger partial charge in [0.2, 0.25) is 0 Å². The number of ether oxygens (including phenoxy) is 1. The van der Waals surface area contributed by atoms with Crippen LogP contribution < -0.4 is 15.4 Å². The van der Waals surface area contributed by atoms with Crippen LogP contribution in [0.1, 0.15) is 51.2 Å². The van der Waals surface area contributed by atoms with E-state index in [4.69, 9.17) is 4.74 Å². The van der Waals surface area contributed by atoms with Gasteiger partial charge in [0.05, 0.1) is 23.4 Å². The highest BCUT2D eigenvalue weighted by atomic mass is 32.1. The number of fused-ring (bicyclic) bond motifs is 5. The number of nitrogens with zero attached hydrogens (tertiary/aromatic N) is 4. The summed E-state index contributed by atoms with van der Waals surface area (Å²) in [6, 6.07) is 9.88. The van der Waals surface area contributed by atoms with Crippen molar-refractivity contribution in [3.63, 3.8) is 0 Å². The average Bonchev–Trinajstić information content (AvgIpc) is 3.60. The smallest absolute Gasteiger partial charge is 0.265 e. The minimum Gasteiger partial charge on any atom is -0.478 e. The number of hydrogen-bond donors (Lipinski definition) is 2. The molecule has 1 amide bonds. The summed E-state index contributed by atoms with van der Waals surface area (Å²) >= 11 is 1.54. The molecule has 2 aliphatic rings. The Morgan fingerprint density at radius 3 is 2.80 bits per heavy atom. The van der Waals surface area contributed by atoms with Crippen molar-refractivity contribution in [1.29, 1.82) is 0 Å². The number of hydrogen-bond acceptors (Lipinski definition) is 8. The van der Waals surface area contributed by atoms with Crippen LogP contribution in [0.2, 0.25) is 0 Å². The van der Waals surface area contributed by atoms with E-state index in [9.17, 15) is 9.18 Å². The Hall–Kier alpha value is -3.92. The maximum atomic E-state index is 14.6. The summed E-state index contributed by atoms with van der Waals surface area (Å²) in [5.41, 5.74) is 3.00. The molecule has 10 heteroatoms. The first kappa shape index (κ1) is 21.6. The fourth-order valence-corrected chi connectivity index (χ4v) is 6.19. The Kier molecular flexibility index (Phi) is 5.37. The number of carbonyl (C=O) groups excluding carboxylic acids is 1. The molecule has 8 nitrogen and oxygen atoms in total. The first-order valence-electron chi connectivity index (χ1n) is 11.3. The molecule has 1 fully saturated rings. The number of carbonyl (C=O) groups is 1. The van der Waals surface area contributed by atoms with E-state index < -0.39 is 5.82 Å². The van der Waals surface area contributed by atoms with Crippen molar-refractivity contribution in [2.24, 2.45) is 0 Å². The number of halogens is 1. The predicted molar refractivity (Wildman–Crippen MR) is 131 cm³/mol. The number of nitrogens with one attached hydrogen (secondary N) is 2. The molecular weight excluding hydrogens is 467 g/mol. The van der Waals surface area contributed by atoms with Crippen LogP contribution in [0.5, 0.6) is 5.88 Å². The molecule has 0 aliphatic heterocycles. The molecule has 1 saturated carbocycles. The Morgan fingerprint density at radius 1 is 1.11 bits per heavy atom. The molecule has 0 spiro atoms. The molecule has 1 aromatic carbocycles. The molecule has 2 bridgehead atoms. The first-order chi connectivity index (χ1) is 17.1. The van der Waals surface area contributed by atoms with Gasteiger partial charge in [0.25, 0.3) is 11.8 Å². The van der Waals surface area contributed by atoms with E-state index in [1.54, 1.807) is 30.5 Å². The van der Waals surface area contributed by atoms with Crippen molar-refractivity contribution in [2.75, 3.05) is 17.7 Å². The van der Waals surface area contributed by atoms with Gasteiger partial charge in [0, 0.05) is 16.6 Å².